The van der Waals surface area contributed by atoms with Gasteiger partial charge < -0.3 is 0 Å². The predicted molar refractivity (Wildman–Crippen MR) is 124 cm³/mol. The summed E-state index contributed by atoms with van der Waals surface area (Å²) in [6.07, 6.45) is 6.75. The summed E-state index contributed by atoms with van der Waals surface area (Å²) in [5, 5.41) is 17.9. The van der Waals surface area contributed by atoms with Crippen molar-refractivity contribution in [1.29, 1.82) is 10.5 Å². The second kappa shape index (κ2) is 18.0. The van der Waals surface area contributed by atoms with Crippen molar-refractivity contribution in [3.63, 3.8) is 0 Å². The van der Waals surface area contributed by atoms with Gasteiger partial charge in [0.15, 0.2) is 0 Å². The number of unbranched alkanes of at least 4 members (excludes halogenated alkanes) is 4. The fourth-order valence-corrected chi connectivity index (χ4v) is 44.7. The molecule has 0 heterocycles. The summed E-state index contributed by atoms with van der Waals surface area (Å²) in [7, 11) is 0. The molecule has 0 aromatic heterocycles. The van der Waals surface area contributed by atoms with E-state index in [1.807, 2.05) is 12.1 Å². The van der Waals surface area contributed by atoms with Crippen molar-refractivity contribution in [3.05, 3.63) is 0 Å². The summed E-state index contributed by atoms with van der Waals surface area (Å²) >= 11 is -7.96. The first kappa shape index (κ1) is 30.5. The van der Waals surface area contributed by atoms with Gasteiger partial charge in [0.05, 0.1) is 0 Å². The summed E-state index contributed by atoms with van der Waals surface area (Å²) in [5.41, 5.74) is 0. The molecule has 0 fully saturated rings. The van der Waals surface area contributed by atoms with Crippen LogP contribution in [0.1, 0.15) is 91.9 Å². The first-order valence-electron chi connectivity index (χ1n) is 11.7. The predicted octanol–water partition coefficient (Wildman–Crippen LogP) is 6.00. The molecular formula is C22H40N2O5Sn2. The Morgan fingerprint density at radius 3 is 1.16 bits per heavy atom. The van der Waals surface area contributed by atoms with Crippen LogP contribution < -0.4 is 0 Å². The third-order valence-electron chi connectivity index (χ3n) is 5.06. The van der Waals surface area contributed by atoms with Crippen LogP contribution in [-0.4, -0.2) is 50.3 Å². The van der Waals surface area contributed by atoms with Crippen LogP contribution in [0.2, 0.25) is 17.7 Å². The van der Waals surface area contributed by atoms with E-state index in [2.05, 4.69) is 27.7 Å². The number of nitriles is 2. The van der Waals surface area contributed by atoms with Crippen molar-refractivity contribution in [1.82, 2.24) is 0 Å². The van der Waals surface area contributed by atoms with Gasteiger partial charge in [-0.2, -0.15) is 0 Å². The van der Waals surface area contributed by atoms with Crippen molar-refractivity contribution < 1.29 is 17.1 Å². The van der Waals surface area contributed by atoms with Crippen LogP contribution in [0.15, 0.2) is 0 Å². The standard InChI is InChI=1S/4C4H9.2C3H3NO2.O.2Sn/c4*1-3-4-2;2*4-2-1-3(5)6;;;/h4*1,3-4H2,2H3;2*1H2,(H,5,6);;;/q;;;;;;;2*+1/p-2. The Kier molecular flexibility index (Phi) is 17.7. The Bertz CT molecular complexity index is 548. The van der Waals surface area contributed by atoms with Crippen molar-refractivity contribution in [3.8, 4) is 12.1 Å². The molecule has 0 atom stereocenters. The Labute approximate surface area is 198 Å². The Hall–Kier alpha value is -0.523. The molecule has 0 rings (SSSR count). The first-order valence-corrected chi connectivity index (χ1v) is 24.5. The van der Waals surface area contributed by atoms with Gasteiger partial charge in [0.2, 0.25) is 0 Å². The number of carbonyl (C=O) groups is 2. The zero-order valence-corrected chi connectivity index (χ0v) is 25.5. The fourth-order valence-electron chi connectivity index (χ4n) is 3.44. The van der Waals surface area contributed by atoms with Crippen LogP contribution in [0, 0.1) is 22.7 Å². The van der Waals surface area contributed by atoms with Gasteiger partial charge in [0, 0.05) is 0 Å². The van der Waals surface area contributed by atoms with Crippen LogP contribution in [-0.2, 0) is 17.1 Å². The molecule has 0 radical (unpaired) electrons. The maximum atomic E-state index is 12.4. The van der Waals surface area contributed by atoms with Gasteiger partial charge in [-0.3, -0.25) is 0 Å². The number of nitrogens with zero attached hydrogens (tertiary/aromatic N) is 2. The Balaban J connectivity index is 6.20. The van der Waals surface area contributed by atoms with E-state index in [0.29, 0.717) is 0 Å². The summed E-state index contributed by atoms with van der Waals surface area (Å²) < 4.78 is 22.0. The number of rotatable bonds is 18. The SMILES string of the molecule is CCC[CH2][Sn]([CH2]CCC)([O]C(=O)CC#N)[O][Sn]([CH2]CCC)([CH2]CCC)[O]C(=O)CC#N. The number of hydrogen-bond donors (Lipinski definition) is 0. The fraction of sp³-hybridized carbons (Fsp3) is 0.818. The van der Waals surface area contributed by atoms with Crippen LogP contribution in [0.3, 0.4) is 0 Å². The molecule has 0 aromatic carbocycles. The van der Waals surface area contributed by atoms with E-state index >= 15 is 0 Å². The van der Waals surface area contributed by atoms with E-state index in [0.717, 1.165) is 69.1 Å². The van der Waals surface area contributed by atoms with E-state index in [4.69, 9.17) is 18.1 Å². The second-order valence-electron chi connectivity index (χ2n) is 7.96. The molecule has 31 heavy (non-hydrogen) atoms. The first-order chi connectivity index (χ1) is 14.9. The molecule has 9 heteroatoms. The van der Waals surface area contributed by atoms with E-state index in [1.54, 1.807) is 0 Å². The van der Waals surface area contributed by atoms with Crippen molar-refractivity contribution in [2.75, 3.05) is 0 Å². The van der Waals surface area contributed by atoms with Crippen LogP contribution in [0.5, 0.6) is 0 Å². The van der Waals surface area contributed by atoms with E-state index in [9.17, 15) is 9.59 Å². The zero-order chi connectivity index (χ0) is 23.6. The van der Waals surface area contributed by atoms with Gasteiger partial charge in [-0.15, -0.1) is 0 Å². The zero-order valence-electron chi connectivity index (χ0n) is 19.8. The van der Waals surface area contributed by atoms with Gasteiger partial charge in [0.25, 0.3) is 0 Å². The Morgan fingerprint density at radius 1 is 0.645 bits per heavy atom. The van der Waals surface area contributed by atoms with Gasteiger partial charge in [-0.1, -0.05) is 0 Å². The molecule has 7 nitrogen and oxygen atoms in total. The van der Waals surface area contributed by atoms with E-state index in [1.165, 1.54) is 0 Å². The van der Waals surface area contributed by atoms with Crippen molar-refractivity contribution in [2.24, 2.45) is 0 Å². The molecule has 0 bridgehead atoms. The number of hydrogen-bond acceptors (Lipinski definition) is 7. The summed E-state index contributed by atoms with van der Waals surface area (Å²) in [4.78, 5) is 24.8. The van der Waals surface area contributed by atoms with Gasteiger partial charge in [0.1, 0.15) is 0 Å². The average molecular weight is 650 g/mol. The third-order valence-corrected chi connectivity index (χ3v) is 37.6. The van der Waals surface area contributed by atoms with E-state index in [-0.39, 0.29) is 12.8 Å². The van der Waals surface area contributed by atoms with Crippen LogP contribution in [0.4, 0.5) is 0 Å². The molecule has 0 aromatic rings. The minimum absolute atomic E-state index is 0.291. The molecule has 0 aliphatic carbocycles. The minimum atomic E-state index is -3.98. The maximum absolute atomic E-state index is 12.4. The molecule has 0 saturated heterocycles. The Morgan fingerprint density at radius 2 is 0.935 bits per heavy atom. The average Bonchev–Trinajstić information content (AvgIpc) is 2.73. The number of carbonyl (C=O) groups excluding carboxylic acids is 2. The van der Waals surface area contributed by atoms with Crippen LogP contribution in [0.25, 0.3) is 0 Å². The summed E-state index contributed by atoms with van der Waals surface area (Å²) in [6.45, 7) is 8.35. The van der Waals surface area contributed by atoms with E-state index < -0.39 is 50.3 Å². The summed E-state index contributed by atoms with van der Waals surface area (Å²) in [6, 6.07) is 3.76. The third kappa shape index (κ3) is 12.9. The molecule has 0 unspecified atom stereocenters. The molecule has 0 aliphatic heterocycles. The summed E-state index contributed by atoms with van der Waals surface area (Å²) in [5.74, 6) is -1.03. The molecule has 176 valence electrons. The molecule has 0 aliphatic rings. The second-order valence-corrected chi connectivity index (χ2v) is 29.7. The topological polar surface area (TPSA) is 109 Å². The van der Waals surface area contributed by atoms with Gasteiger partial charge in [-0.25, -0.2) is 0 Å². The molecule has 0 amide bonds. The molecule has 0 spiro atoms. The van der Waals surface area contributed by atoms with Gasteiger partial charge in [-0.05, 0) is 0 Å². The monoisotopic (exact) mass is 652 g/mol. The quantitative estimate of drug-likeness (QED) is 0.168. The normalized spacial score (nSPS) is 11.4. The molecule has 0 saturated carbocycles. The van der Waals surface area contributed by atoms with Crippen LogP contribution >= 0.6 is 0 Å². The van der Waals surface area contributed by atoms with Gasteiger partial charge >= 0.3 is 200 Å². The van der Waals surface area contributed by atoms with Crippen molar-refractivity contribution in [2.45, 2.75) is 110 Å². The molecule has 0 N–H and O–H groups in total. The molecular weight excluding hydrogens is 610 g/mol. The van der Waals surface area contributed by atoms with Crippen molar-refractivity contribution >= 4 is 50.3 Å².